The van der Waals surface area contributed by atoms with Crippen LogP contribution in [0.15, 0.2) is 12.2 Å². The molecule has 0 aliphatic carbocycles. The van der Waals surface area contributed by atoms with Crippen molar-refractivity contribution in [1.82, 2.24) is 4.90 Å². The number of terminal acetylenes is 1. The van der Waals surface area contributed by atoms with Gasteiger partial charge in [-0.3, -0.25) is 4.79 Å². The molecular formula is C8H10BrNO. The molecule has 0 fully saturated rings. The van der Waals surface area contributed by atoms with E-state index >= 15 is 0 Å². The van der Waals surface area contributed by atoms with Gasteiger partial charge in [0, 0.05) is 12.4 Å². The maximum atomic E-state index is 11.0. The Labute approximate surface area is 75.4 Å². The van der Waals surface area contributed by atoms with Crippen LogP contribution in [0.25, 0.3) is 0 Å². The van der Waals surface area contributed by atoms with Crippen molar-refractivity contribution in [1.29, 1.82) is 0 Å². The molecule has 0 aromatic carbocycles. The fourth-order valence-electron chi connectivity index (χ4n) is 0.487. The Bertz CT molecular complexity index is 193. The fourth-order valence-corrected chi connectivity index (χ4v) is 0.674. The van der Waals surface area contributed by atoms with Crippen LogP contribution in [0.1, 0.15) is 0 Å². The molecule has 0 heterocycles. The standard InChI is InChI=1S/C8H10BrNO/c1-3-7-10(2)8(11)5-4-6-9/h1,4-5H,6-7H2,2H3. The van der Waals surface area contributed by atoms with Crippen LogP contribution < -0.4 is 0 Å². The van der Waals surface area contributed by atoms with E-state index in [1.54, 1.807) is 13.1 Å². The molecule has 0 aliphatic rings. The molecule has 0 N–H and O–H groups in total. The molecule has 0 radical (unpaired) electrons. The molecule has 0 aromatic heterocycles. The van der Waals surface area contributed by atoms with Crippen molar-refractivity contribution >= 4 is 21.8 Å². The molecule has 1 amide bonds. The first-order chi connectivity index (χ1) is 5.22. The molecule has 2 nitrogen and oxygen atoms in total. The lowest BCUT2D eigenvalue weighted by Crippen LogP contribution is -2.24. The van der Waals surface area contributed by atoms with Crippen LogP contribution in [-0.2, 0) is 4.79 Å². The van der Waals surface area contributed by atoms with Gasteiger partial charge in [0.2, 0.25) is 5.91 Å². The normalized spacial score (nSPS) is 9.55. The number of alkyl halides is 1. The van der Waals surface area contributed by atoms with Crippen LogP contribution in [0.3, 0.4) is 0 Å². The van der Waals surface area contributed by atoms with Gasteiger partial charge in [0.25, 0.3) is 0 Å². The summed E-state index contributed by atoms with van der Waals surface area (Å²) in [6.07, 6.45) is 8.24. The highest BCUT2D eigenvalue weighted by Gasteiger charge is 2.00. The highest BCUT2D eigenvalue weighted by molar-refractivity contribution is 9.09. The second-order valence-corrected chi connectivity index (χ2v) is 2.60. The van der Waals surface area contributed by atoms with E-state index in [2.05, 4.69) is 21.9 Å². The molecular weight excluding hydrogens is 206 g/mol. The van der Waals surface area contributed by atoms with Crippen molar-refractivity contribution in [3.63, 3.8) is 0 Å². The molecule has 0 saturated heterocycles. The number of likely N-dealkylation sites (N-methyl/N-ethyl adjacent to an activating group) is 1. The van der Waals surface area contributed by atoms with E-state index in [1.165, 1.54) is 11.0 Å². The zero-order valence-electron chi connectivity index (χ0n) is 6.38. The van der Waals surface area contributed by atoms with Crippen molar-refractivity contribution in [2.45, 2.75) is 0 Å². The third-order valence-electron chi connectivity index (χ3n) is 1.05. The highest BCUT2D eigenvalue weighted by Crippen LogP contribution is 1.87. The number of hydrogen-bond donors (Lipinski definition) is 0. The first-order valence-electron chi connectivity index (χ1n) is 3.13. The van der Waals surface area contributed by atoms with Crippen LogP contribution in [-0.4, -0.2) is 29.7 Å². The smallest absolute Gasteiger partial charge is 0.246 e. The minimum absolute atomic E-state index is 0.0672. The van der Waals surface area contributed by atoms with Crippen molar-refractivity contribution in [3.8, 4) is 12.3 Å². The first kappa shape index (κ1) is 10.2. The number of rotatable bonds is 3. The number of allylic oxidation sites excluding steroid dienone is 1. The van der Waals surface area contributed by atoms with E-state index in [-0.39, 0.29) is 5.91 Å². The van der Waals surface area contributed by atoms with Crippen LogP contribution in [0.4, 0.5) is 0 Å². The van der Waals surface area contributed by atoms with Gasteiger partial charge in [-0.15, -0.1) is 6.42 Å². The quantitative estimate of drug-likeness (QED) is 0.392. The lowest BCUT2D eigenvalue weighted by Gasteiger charge is -2.09. The van der Waals surface area contributed by atoms with Gasteiger partial charge in [0.05, 0.1) is 6.54 Å². The number of hydrogen-bond acceptors (Lipinski definition) is 1. The SMILES string of the molecule is C#CCN(C)C(=O)C=CCBr. The Balaban J connectivity index is 3.84. The minimum Gasteiger partial charge on any atom is -0.331 e. The van der Waals surface area contributed by atoms with Gasteiger partial charge in [-0.05, 0) is 6.08 Å². The Morgan fingerprint density at radius 1 is 1.82 bits per heavy atom. The lowest BCUT2D eigenvalue weighted by molar-refractivity contribution is -0.124. The van der Waals surface area contributed by atoms with Crippen molar-refractivity contribution < 1.29 is 4.79 Å². The minimum atomic E-state index is -0.0672. The van der Waals surface area contributed by atoms with Crippen LogP contribution in [0, 0.1) is 12.3 Å². The number of carbonyl (C=O) groups excluding carboxylic acids is 1. The predicted molar refractivity (Wildman–Crippen MR) is 49.4 cm³/mol. The fraction of sp³-hybridized carbons (Fsp3) is 0.375. The van der Waals surface area contributed by atoms with Crippen molar-refractivity contribution in [2.75, 3.05) is 18.9 Å². The average molecular weight is 216 g/mol. The summed E-state index contributed by atoms with van der Waals surface area (Å²) in [5.74, 6) is 2.32. The maximum Gasteiger partial charge on any atom is 0.246 e. The Hall–Kier alpha value is -0.750. The van der Waals surface area contributed by atoms with Crippen LogP contribution in [0.2, 0.25) is 0 Å². The van der Waals surface area contributed by atoms with E-state index in [0.29, 0.717) is 11.9 Å². The zero-order chi connectivity index (χ0) is 8.69. The molecule has 0 aromatic rings. The molecule has 0 aliphatic heterocycles. The number of carbonyl (C=O) groups is 1. The second-order valence-electron chi connectivity index (χ2n) is 1.96. The van der Waals surface area contributed by atoms with E-state index < -0.39 is 0 Å². The summed E-state index contributed by atoms with van der Waals surface area (Å²) >= 11 is 3.17. The lowest BCUT2D eigenvalue weighted by atomic mass is 10.4. The van der Waals surface area contributed by atoms with Gasteiger partial charge in [0.1, 0.15) is 0 Å². The maximum absolute atomic E-state index is 11.0. The Kier molecular flexibility index (Phi) is 5.58. The van der Waals surface area contributed by atoms with E-state index in [9.17, 15) is 4.79 Å². The number of amides is 1. The van der Waals surface area contributed by atoms with Crippen molar-refractivity contribution in [2.24, 2.45) is 0 Å². The largest absolute Gasteiger partial charge is 0.331 e. The molecule has 0 saturated carbocycles. The molecule has 11 heavy (non-hydrogen) atoms. The number of nitrogens with zero attached hydrogens (tertiary/aromatic N) is 1. The molecule has 0 atom stereocenters. The molecule has 0 rings (SSSR count). The topological polar surface area (TPSA) is 20.3 Å². The highest BCUT2D eigenvalue weighted by atomic mass is 79.9. The Morgan fingerprint density at radius 3 is 2.91 bits per heavy atom. The number of halogens is 1. The summed E-state index contributed by atoms with van der Waals surface area (Å²) in [6.45, 7) is 0.353. The Morgan fingerprint density at radius 2 is 2.45 bits per heavy atom. The summed E-state index contributed by atoms with van der Waals surface area (Å²) < 4.78 is 0. The van der Waals surface area contributed by atoms with Gasteiger partial charge in [-0.1, -0.05) is 27.9 Å². The van der Waals surface area contributed by atoms with Gasteiger partial charge in [-0.25, -0.2) is 0 Å². The van der Waals surface area contributed by atoms with E-state index in [4.69, 9.17) is 6.42 Å². The van der Waals surface area contributed by atoms with E-state index in [0.717, 1.165) is 0 Å². The van der Waals surface area contributed by atoms with Crippen LogP contribution in [0.5, 0.6) is 0 Å². The van der Waals surface area contributed by atoms with Crippen LogP contribution >= 0.6 is 15.9 Å². The zero-order valence-corrected chi connectivity index (χ0v) is 7.97. The summed E-state index contributed by atoms with van der Waals surface area (Å²) in [5, 5.41) is 0.683. The summed E-state index contributed by atoms with van der Waals surface area (Å²) in [6, 6.07) is 0. The third-order valence-corrected chi connectivity index (χ3v) is 1.43. The van der Waals surface area contributed by atoms with Gasteiger partial charge in [0.15, 0.2) is 0 Å². The molecule has 0 spiro atoms. The predicted octanol–water partition coefficient (Wildman–Crippen LogP) is 1.03. The molecule has 60 valence electrons. The molecule has 0 unspecified atom stereocenters. The summed E-state index contributed by atoms with van der Waals surface area (Å²) in [5.41, 5.74) is 0. The summed E-state index contributed by atoms with van der Waals surface area (Å²) in [7, 11) is 1.67. The van der Waals surface area contributed by atoms with Gasteiger partial charge >= 0.3 is 0 Å². The van der Waals surface area contributed by atoms with E-state index in [1.807, 2.05) is 0 Å². The third kappa shape index (κ3) is 4.63. The average Bonchev–Trinajstić information content (AvgIpc) is 2.00. The first-order valence-corrected chi connectivity index (χ1v) is 4.25. The van der Waals surface area contributed by atoms with Gasteiger partial charge < -0.3 is 4.90 Å². The second kappa shape index (κ2) is 5.99. The van der Waals surface area contributed by atoms with Crippen molar-refractivity contribution in [3.05, 3.63) is 12.2 Å². The van der Waals surface area contributed by atoms with Gasteiger partial charge in [-0.2, -0.15) is 0 Å². The monoisotopic (exact) mass is 215 g/mol. The molecule has 0 bridgehead atoms. The summed E-state index contributed by atoms with van der Waals surface area (Å²) in [4.78, 5) is 12.5. The molecule has 3 heteroatoms.